The Kier molecular flexibility index (Phi) is 7.23. The summed E-state index contributed by atoms with van der Waals surface area (Å²) >= 11 is 1.64. The second-order valence-electron chi connectivity index (χ2n) is 2.90. The van der Waals surface area contributed by atoms with Crippen LogP contribution in [0.25, 0.3) is 0 Å². The van der Waals surface area contributed by atoms with Gasteiger partial charge in [-0.15, -0.1) is 0 Å². The number of hydrogen-bond acceptors (Lipinski definition) is 4. The van der Waals surface area contributed by atoms with Gasteiger partial charge in [0.15, 0.2) is 0 Å². The Labute approximate surface area is 88.0 Å². The summed E-state index contributed by atoms with van der Waals surface area (Å²) in [5.74, 6) is 0.202. The number of nitrogens with two attached hydrogens (primary N) is 2. The summed E-state index contributed by atoms with van der Waals surface area (Å²) < 4.78 is 0. The normalized spacial score (nSPS) is 12.1. The molecule has 82 valence electrons. The van der Waals surface area contributed by atoms with Crippen molar-refractivity contribution in [3.05, 3.63) is 0 Å². The van der Waals surface area contributed by atoms with Gasteiger partial charge in [0.2, 0.25) is 11.8 Å². The van der Waals surface area contributed by atoms with Gasteiger partial charge in [0.25, 0.3) is 0 Å². The van der Waals surface area contributed by atoms with E-state index in [0.29, 0.717) is 6.42 Å². The third kappa shape index (κ3) is 6.73. The highest BCUT2D eigenvalue weighted by Gasteiger charge is 2.11. The van der Waals surface area contributed by atoms with E-state index in [1.54, 1.807) is 11.8 Å². The van der Waals surface area contributed by atoms with Crippen LogP contribution in [0.1, 0.15) is 12.8 Å². The van der Waals surface area contributed by atoms with Crippen LogP contribution >= 0.6 is 11.8 Å². The van der Waals surface area contributed by atoms with Gasteiger partial charge < -0.3 is 16.8 Å². The molecule has 0 saturated heterocycles. The van der Waals surface area contributed by atoms with Gasteiger partial charge in [0.05, 0.1) is 6.04 Å². The first-order chi connectivity index (χ1) is 6.57. The standard InChI is InChI=1S/C8H17N3O2S/c1-14-5-3-6(9)8(13)11-4-2-7(10)12/h6H,2-5,9H2,1H3,(H2,10,12)(H,11,13)/t6-/m1/s1. The topological polar surface area (TPSA) is 98.2 Å². The smallest absolute Gasteiger partial charge is 0.236 e. The van der Waals surface area contributed by atoms with Crippen LogP contribution in [0, 0.1) is 0 Å². The molecule has 0 aromatic carbocycles. The molecule has 0 fully saturated rings. The van der Waals surface area contributed by atoms with E-state index >= 15 is 0 Å². The molecule has 0 aliphatic carbocycles. The Morgan fingerprint density at radius 2 is 2.14 bits per heavy atom. The van der Waals surface area contributed by atoms with Crippen molar-refractivity contribution in [2.24, 2.45) is 11.5 Å². The first-order valence-electron chi connectivity index (χ1n) is 4.38. The highest BCUT2D eigenvalue weighted by Crippen LogP contribution is 1.98. The Morgan fingerprint density at radius 1 is 1.50 bits per heavy atom. The van der Waals surface area contributed by atoms with Crippen molar-refractivity contribution in [2.75, 3.05) is 18.6 Å². The van der Waals surface area contributed by atoms with Gasteiger partial charge in [0.1, 0.15) is 0 Å². The molecule has 0 radical (unpaired) electrons. The molecule has 0 spiro atoms. The number of primary amides is 1. The van der Waals surface area contributed by atoms with Gasteiger partial charge in [-0.2, -0.15) is 11.8 Å². The molecule has 5 nitrogen and oxygen atoms in total. The van der Waals surface area contributed by atoms with Crippen LogP contribution in [0.5, 0.6) is 0 Å². The van der Waals surface area contributed by atoms with Gasteiger partial charge in [-0.05, 0) is 18.4 Å². The fourth-order valence-electron chi connectivity index (χ4n) is 0.816. The first kappa shape index (κ1) is 13.2. The molecule has 2 amide bonds. The van der Waals surface area contributed by atoms with Crippen LogP contribution in [0.4, 0.5) is 0 Å². The summed E-state index contributed by atoms with van der Waals surface area (Å²) in [6.45, 7) is 0.265. The molecule has 0 saturated carbocycles. The lowest BCUT2D eigenvalue weighted by Gasteiger charge is -2.10. The molecule has 0 aliphatic rings. The number of carbonyl (C=O) groups is 2. The van der Waals surface area contributed by atoms with E-state index in [-0.39, 0.29) is 18.9 Å². The van der Waals surface area contributed by atoms with Crippen LogP contribution in [0.2, 0.25) is 0 Å². The first-order valence-corrected chi connectivity index (χ1v) is 5.78. The average Bonchev–Trinajstić information content (AvgIpc) is 2.13. The number of thioether (sulfide) groups is 1. The lowest BCUT2D eigenvalue weighted by atomic mass is 10.2. The Bertz CT molecular complexity index is 199. The molecule has 0 aromatic heterocycles. The minimum Gasteiger partial charge on any atom is -0.370 e. The summed E-state index contributed by atoms with van der Waals surface area (Å²) in [4.78, 5) is 21.6. The molecule has 5 N–H and O–H groups in total. The van der Waals surface area contributed by atoms with Gasteiger partial charge in [-0.3, -0.25) is 9.59 Å². The van der Waals surface area contributed by atoms with Crippen LogP contribution in [0.3, 0.4) is 0 Å². The monoisotopic (exact) mass is 219 g/mol. The van der Waals surface area contributed by atoms with Gasteiger partial charge in [-0.25, -0.2) is 0 Å². The van der Waals surface area contributed by atoms with Crippen molar-refractivity contribution in [2.45, 2.75) is 18.9 Å². The molecule has 6 heteroatoms. The van der Waals surface area contributed by atoms with Crippen molar-refractivity contribution in [1.29, 1.82) is 0 Å². The lowest BCUT2D eigenvalue weighted by Crippen LogP contribution is -2.41. The summed E-state index contributed by atoms with van der Waals surface area (Å²) in [5, 5.41) is 2.55. The maximum absolute atomic E-state index is 11.2. The van der Waals surface area contributed by atoms with Gasteiger partial charge in [-0.1, -0.05) is 0 Å². The van der Waals surface area contributed by atoms with E-state index in [9.17, 15) is 9.59 Å². The summed E-state index contributed by atoms with van der Waals surface area (Å²) in [6, 6.07) is -0.490. The largest absolute Gasteiger partial charge is 0.370 e. The predicted molar refractivity (Wildman–Crippen MR) is 57.8 cm³/mol. The van der Waals surface area contributed by atoms with Crippen molar-refractivity contribution in [3.63, 3.8) is 0 Å². The zero-order valence-electron chi connectivity index (χ0n) is 8.29. The number of amides is 2. The molecule has 0 aromatic rings. The third-order valence-electron chi connectivity index (χ3n) is 1.64. The number of carbonyl (C=O) groups excluding carboxylic acids is 2. The average molecular weight is 219 g/mol. The third-order valence-corrected chi connectivity index (χ3v) is 2.28. The maximum Gasteiger partial charge on any atom is 0.236 e. The fraction of sp³-hybridized carbons (Fsp3) is 0.750. The molecule has 0 bridgehead atoms. The van der Waals surface area contributed by atoms with Gasteiger partial charge >= 0.3 is 0 Å². The van der Waals surface area contributed by atoms with E-state index in [1.807, 2.05) is 6.26 Å². The van der Waals surface area contributed by atoms with Crippen LogP contribution < -0.4 is 16.8 Å². The molecular weight excluding hydrogens is 202 g/mol. The Balaban J connectivity index is 3.56. The Morgan fingerprint density at radius 3 is 2.64 bits per heavy atom. The van der Waals surface area contributed by atoms with Crippen molar-refractivity contribution >= 4 is 23.6 Å². The SMILES string of the molecule is CSCC[C@@H](N)C(=O)NCCC(N)=O. The van der Waals surface area contributed by atoms with Crippen molar-refractivity contribution in [3.8, 4) is 0 Å². The molecule has 14 heavy (non-hydrogen) atoms. The minimum atomic E-state index is -0.490. The van der Waals surface area contributed by atoms with E-state index in [0.717, 1.165) is 5.75 Å². The summed E-state index contributed by atoms with van der Waals surface area (Å²) in [5.41, 5.74) is 10.5. The zero-order valence-corrected chi connectivity index (χ0v) is 9.10. The summed E-state index contributed by atoms with van der Waals surface area (Å²) in [7, 11) is 0. The van der Waals surface area contributed by atoms with E-state index in [4.69, 9.17) is 11.5 Å². The highest BCUT2D eigenvalue weighted by molar-refractivity contribution is 7.98. The molecule has 0 aliphatic heterocycles. The lowest BCUT2D eigenvalue weighted by molar-refractivity contribution is -0.122. The predicted octanol–water partition coefficient (Wildman–Crippen LogP) is -0.942. The molecular formula is C8H17N3O2S. The number of nitrogens with one attached hydrogen (secondary N) is 1. The number of rotatable bonds is 7. The minimum absolute atomic E-state index is 0.154. The van der Waals surface area contributed by atoms with Gasteiger partial charge in [0, 0.05) is 13.0 Å². The zero-order chi connectivity index (χ0) is 11.0. The molecule has 0 heterocycles. The molecule has 1 atom stereocenters. The molecule has 0 unspecified atom stereocenters. The van der Waals surface area contributed by atoms with Crippen LogP contribution in [-0.2, 0) is 9.59 Å². The maximum atomic E-state index is 11.2. The van der Waals surface area contributed by atoms with Crippen molar-refractivity contribution in [1.82, 2.24) is 5.32 Å². The fourth-order valence-corrected chi connectivity index (χ4v) is 1.31. The Hall–Kier alpha value is -0.750. The van der Waals surface area contributed by atoms with E-state index in [2.05, 4.69) is 5.32 Å². The molecule has 0 rings (SSSR count). The van der Waals surface area contributed by atoms with Crippen LogP contribution in [-0.4, -0.2) is 36.4 Å². The van der Waals surface area contributed by atoms with Crippen LogP contribution in [0.15, 0.2) is 0 Å². The quantitative estimate of drug-likeness (QED) is 0.514. The highest BCUT2D eigenvalue weighted by atomic mass is 32.2. The van der Waals surface area contributed by atoms with E-state index in [1.165, 1.54) is 0 Å². The second kappa shape index (κ2) is 7.64. The second-order valence-corrected chi connectivity index (χ2v) is 3.88. The number of hydrogen-bond donors (Lipinski definition) is 3. The van der Waals surface area contributed by atoms with Crippen molar-refractivity contribution < 1.29 is 9.59 Å². The van der Waals surface area contributed by atoms with E-state index < -0.39 is 11.9 Å². The summed E-state index contributed by atoms with van der Waals surface area (Å²) in [6.07, 6.45) is 2.75.